The number of methoxy groups -OCH3 is 2. The van der Waals surface area contributed by atoms with Crippen LogP contribution in [0.25, 0.3) is 0 Å². The van der Waals surface area contributed by atoms with E-state index in [1.807, 2.05) is 12.1 Å². The highest BCUT2D eigenvalue weighted by Crippen LogP contribution is 2.41. The molecule has 0 bridgehead atoms. The fourth-order valence-electron chi connectivity index (χ4n) is 2.58. The lowest BCUT2D eigenvalue weighted by Crippen LogP contribution is -2.15. The summed E-state index contributed by atoms with van der Waals surface area (Å²) in [5.74, 6) is 1.62. The topological polar surface area (TPSA) is 99.9 Å². The van der Waals surface area contributed by atoms with E-state index in [0.717, 1.165) is 5.56 Å². The highest BCUT2D eigenvalue weighted by atomic mass is 16.7. The average Bonchev–Trinajstić information content (AvgIpc) is 3.26. The van der Waals surface area contributed by atoms with Crippen LogP contribution in [0.3, 0.4) is 0 Å². The van der Waals surface area contributed by atoms with Crippen LogP contribution >= 0.6 is 0 Å². The number of rotatable bonds is 15. The highest BCUT2D eigenvalue weighted by molar-refractivity contribution is 5.54. The van der Waals surface area contributed by atoms with Crippen LogP contribution in [0.4, 0.5) is 0 Å². The van der Waals surface area contributed by atoms with Gasteiger partial charge in [0.15, 0.2) is 17.8 Å². The monoisotopic (exact) mass is 401 g/mol. The van der Waals surface area contributed by atoms with Crippen molar-refractivity contribution < 1.29 is 37.9 Å². The smallest absolute Gasteiger partial charge is 0.203 e. The molecule has 1 fully saturated rings. The molecule has 1 aromatic carbocycles. The molecule has 0 amide bonds. The van der Waals surface area contributed by atoms with Gasteiger partial charge in [-0.15, -0.1) is 0 Å². The van der Waals surface area contributed by atoms with E-state index in [-0.39, 0.29) is 0 Å². The van der Waals surface area contributed by atoms with Crippen molar-refractivity contribution in [3.05, 3.63) is 17.7 Å². The number of nitrogens with two attached hydrogens (primary N) is 1. The Morgan fingerprint density at radius 1 is 0.821 bits per heavy atom. The number of benzene rings is 1. The molecule has 0 atom stereocenters. The number of hydrogen-bond acceptors (Lipinski definition) is 9. The Balaban J connectivity index is 1.72. The van der Waals surface area contributed by atoms with E-state index in [9.17, 15) is 0 Å². The molecule has 0 aromatic heterocycles. The van der Waals surface area contributed by atoms with Gasteiger partial charge in [0, 0.05) is 12.1 Å². The lowest BCUT2D eigenvalue weighted by molar-refractivity contribution is -0.0444. The van der Waals surface area contributed by atoms with Crippen molar-refractivity contribution in [2.24, 2.45) is 5.73 Å². The summed E-state index contributed by atoms with van der Waals surface area (Å²) in [5, 5.41) is 0. The summed E-state index contributed by atoms with van der Waals surface area (Å²) in [7, 11) is 3.14. The lowest BCUT2D eigenvalue weighted by Gasteiger charge is -2.18. The molecule has 1 saturated heterocycles. The molecule has 2 rings (SSSR count). The van der Waals surface area contributed by atoms with Crippen molar-refractivity contribution in [3.8, 4) is 17.2 Å². The highest BCUT2D eigenvalue weighted by Gasteiger charge is 2.23. The van der Waals surface area contributed by atoms with Crippen LogP contribution in [0.5, 0.6) is 17.2 Å². The molecule has 1 aliphatic heterocycles. The van der Waals surface area contributed by atoms with Gasteiger partial charge in [-0.3, -0.25) is 0 Å². The normalized spacial score (nSPS) is 14.4. The van der Waals surface area contributed by atoms with Gasteiger partial charge < -0.3 is 43.6 Å². The van der Waals surface area contributed by atoms with Crippen molar-refractivity contribution in [2.75, 3.05) is 80.2 Å². The Labute approximate surface area is 165 Å². The summed E-state index contributed by atoms with van der Waals surface area (Å²) in [4.78, 5) is 0. The number of ether oxygens (including phenoxy) is 8. The zero-order valence-corrected chi connectivity index (χ0v) is 16.6. The van der Waals surface area contributed by atoms with Gasteiger partial charge in [0.25, 0.3) is 0 Å². The predicted octanol–water partition coefficient (Wildman–Crippen LogP) is 1.14. The first-order chi connectivity index (χ1) is 13.8. The Bertz CT molecular complexity index is 551. The molecule has 0 saturated carbocycles. The van der Waals surface area contributed by atoms with Crippen LogP contribution in [0, 0.1) is 0 Å². The summed E-state index contributed by atoms with van der Waals surface area (Å²) in [6.45, 7) is 4.98. The van der Waals surface area contributed by atoms with E-state index in [0.29, 0.717) is 83.3 Å². The standard InChI is InChI=1S/C19H31NO8/c1-21-16-13-15(19-27-11-12-28-19)14-17(18(16)22-2)26-10-9-25-8-7-24-6-5-23-4-3-20/h13-14,19H,3-12,20H2,1-2H3. The van der Waals surface area contributed by atoms with Crippen molar-refractivity contribution in [2.45, 2.75) is 6.29 Å². The van der Waals surface area contributed by atoms with E-state index in [1.54, 1.807) is 14.2 Å². The fraction of sp³-hybridized carbons (Fsp3) is 0.684. The van der Waals surface area contributed by atoms with Crippen LogP contribution in [0.15, 0.2) is 12.1 Å². The maximum absolute atomic E-state index is 5.83. The second-order valence-electron chi connectivity index (χ2n) is 5.80. The first-order valence-electron chi connectivity index (χ1n) is 9.35. The third-order valence-electron chi connectivity index (χ3n) is 3.85. The Kier molecular flexibility index (Phi) is 11.0. The quantitative estimate of drug-likeness (QED) is 0.434. The van der Waals surface area contributed by atoms with Gasteiger partial charge >= 0.3 is 0 Å². The van der Waals surface area contributed by atoms with Crippen LogP contribution < -0.4 is 19.9 Å². The predicted molar refractivity (Wildman–Crippen MR) is 101 cm³/mol. The Morgan fingerprint density at radius 3 is 1.96 bits per heavy atom. The maximum Gasteiger partial charge on any atom is 0.203 e. The van der Waals surface area contributed by atoms with Crippen LogP contribution in [0.2, 0.25) is 0 Å². The minimum atomic E-state index is -0.426. The van der Waals surface area contributed by atoms with E-state index in [2.05, 4.69) is 0 Å². The molecule has 1 aliphatic rings. The van der Waals surface area contributed by atoms with Crippen LogP contribution in [-0.2, 0) is 23.7 Å². The molecular formula is C19H31NO8. The second-order valence-corrected chi connectivity index (χ2v) is 5.80. The largest absolute Gasteiger partial charge is 0.493 e. The second kappa shape index (κ2) is 13.5. The molecule has 1 heterocycles. The Hall–Kier alpha value is -1.62. The summed E-state index contributed by atoms with van der Waals surface area (Å²) in [5.41, 5.74) is 6.14. The lowest BCUT2D eigenvalue weighted by atomic mass is 10.1. The zero-order chi connectivity index (χ0) is 20.0. The summed E-state index contributed by atoms with van der Waals surface area (Å²) >= 11 is 0. The molecular weight excluding hydrogens is 370 g/mol. The third-order valence-corrected chi connectivity index (χ3v) is 3.85. The van der Waals surface area contributed by atoms with Gasteiger partial charge in [-0.25, -0.2) is 0 Å². The van der Waals surface area contributed by atoms with Gasteiger partial charge in [0.2, 0.25) is 5.75 Å². The van der Waals surface area contributed by atoms with Gasteiger partial charge in [0.1, 0.15) is 6.61 Å². The fourth-order valence-corrected chi connectivity index (χ4v) is 2.58. The molecule has 28 heavy (non-hydrogen) atoms. The third kappa shape index (κ3) is 7.42. The molecule has 9 nitrogen and oxygen atoms in total. The molecule has 9 heteroatoms. The van der Waals surface area contributed by atoms with E-state index in [1.165, 1.54) is 0 Å². The minimum absolute atomic E-state index is 0.356. The minimum Gasteiger partial charge on any atom is -0.493 e. The van der Waals surface area contributed by atoms with Crippen LogP contribution in [-0.4, -0.2) is 80.2 Å². The Morgan fingerprint density at radius 2 is 1.39 bits per heavy atom. The summed E-state index contributed by atoms with van der Waals surface area (Å²) in [6.07, 6.45) is -0.426. The molecule has 160 valence electrons. The van der Waals surface area contributed by atoms with E-state index < -0.39 is 6.29 Å². The molecule has 2 N–H and O–H groups in total. The molecule has 0 spiro atoms. The van der Waals surface area contributed by atoms with Gasteiger partial charge in [-0.1, -0.05) is 0 Å². The molecule has 1 aromatic rings. The van der Waals surface area contributed by atoms with Gasteiger partial charge in [0.05, 0.1) is 67.1 Å². The van der Waals surface area contributed by atoms with Gasteiger partial charge in [-0.05, 0) is 12.1 Å². The summed E-state index contributed by atoms with van der Waals surface area (Å²) in [6, 6.07) is 3.66. The first-order valence-corrected chi connectivity index (χ1v) is 9.35. The zero-order valence-electron chi connectivity index (χ0n) is 16.6. The molecule has 0 radical (unpaired) electrons. The maximum atomic E-state index is 5.83. The first kappa shape index (κ1) is 22.7. The van der Waals surface area contributed by atoms with E-state index in [4.69, 9.17) is 43.6 Å². The van der Waals surface area contributed by atoms with Crippen molar-refractivity contribution in [1.82, 2.24) is 0 Å². The van der Waals surface area contributed by atoms with Gasteiger partial charge in [-0.2, -0.15) is 0 Å². The number of hydrogen-bond donors (Lipinski definition) is 1. The summed E-state index contributed by atoms with van der Waals surface area (Å²) < 4.78 is 43.9. The molecule has 0 unspecified atom stereocenters. The average molecular weight is 401 g/mol. The van der Waals surface area contributed by atoms with E-state index >= 15 is 0 Å². The van der Waals surface area contributed by atoms with Crippen LogP contribution in [0.1, 0.15) is 11.9 Å². The molecule has 0 aliphatic carbocycles. The van der Waals surface area contributed by atoms with Crippen molar-refractivity contribution >= 4 is 0 Å². The van der Waals surface area contributed by atoms with Crippen molar-refractivity contribution in [1.29, 1.82) is 0 Å². The SMILES string of the molecule is COc1cc(C2OCCO2)cc(OCCOCCOCCOCCN)c1OC. The van der Waals surface area contributed by atoms with Crippen molar-refractivity contribution in [3.63, 3.8) is 0 Å².